The number of pyridine rings is 2. The van der Waals surface area contributed by atoms with Gasteiger partial charge in [0.05, 0.1) is 24.1 Å². The lowest BCUT2D eigenvalue weighted by Gasteiger charge is -2.66. The van der Waals surface area contributed by atoms with Gasteiger partial charge in [-0.2, -0.15) is 0 Å². The Morgan fingerprint density at radius 3 is 2.82 bits per heavy atom. The minimum atomic E-state index is -0.832. The molecule has 3 aliphatic rings. The van der Waals surface area contributed by atoms with Crippen LogP contribution in [-0.2, 0) is 13.1 Å². The molecule has 0 radical (unpaired) electrons. The van der Waals surface area contributed by atoms with Gasteiger partial charge < -0.3 is 15.0 Å². The van der Waals surface area contributed by atoms with Gasteiger partial charge in [0.15, 0.2) is 0 Å². The van der Waals surface area contributed by atoms with Crippen LogP contribution in [0.1, 0.15) is 30.5 Å². The normalized spacial score (nSPS) is 23.0. The van der Waals surface area contributed by atoms with E-state index in [4.69, 9.17) is 16.6 Å². The van der Waals surface area contributed by atoms with Crippen LogP contribution in [0, 0.1) is 5.41 Å². The molecule has 3 saturated carbocycles. The van der Waals surface area contributed by atoms with Crippen molar-refractivity contribution < 1.29 is 4.39 Å². The highest BCUT2D eigenvalue weighted by molar-refractivity contribution is 6.18. The van der Waals surface area contributed by atoms with Crippen LogP contribution in [0.3, 0.4) is 0 Å². The van der Waals surface area contributed by atoms with E-state index in [0.717, 1.165) is 60.6 Å². The maximum Gasteiger partial charge on any atom is 0.137 e. The van der Waals surface area contributed by atoms with Gasteiger partial charge in [-0.1, -0.05) is 11.3 Å². The van der Waals surface area contributed by atoms with E-state index in [2.05, 4.69) is 38.2 Å². The Kier molecular flexibility index (Phi) is 5.26. The van der Waals surface area contributed by atoms with E-state index >= 15 is 0 Å². The highest BCUT2D eigenvalue weighted by Gasteiger charge is 2.68. The topological polar surface area (TPSA) is 85.0 Å². The third kappa shape index (κ3) is 4.14. The molecule has 7 rings (SSSR count). The number of hydrogen-bond donors (Lipinski definition) is 2. The van der Waals surface area contributed by atoms with Crippen LogP contribution in [0.25, 0.3) is 16.9 Å². The van der Waals surface area contributed by atoms with Gasteiger partial charge in [0, 0.05) is 55.9 Å². The summed E-state index contributed by atoms with van der Waals surface area (Å²) >= 11 is 5.75. The van der Waals surface area contributed by atoms with Crippen molar-refractivity contribution in [1.29, 1.82) is 0 Å². The first kappa shape index (κ1) is 21.5. The molecule has 4 aromatic rings. The molecule has 3 fully saturated rings. The van der Waals surface area contributed by atoms with Gasteiger partial charge in [0.25, 0.3) is 0 Å². The van der Waals surface area contributed by atoms with Crippen molar-refractivity contribution in [2.24, 2.45) is 5.41 Å². The van der Waals surface area contributed by atoms with Crippen LogP contribution in [-0.4, -0.2) is 54.0 Å². The molecule has 0 amide bonds. The molecule has 2 bridgehead atoms. The monoisotopic (exact) mass is 480 g/mol. The van der Waals surface area contributed by atoms with E-state index in [0.29, 0.717) is 19.0 Å². The second kappa shape index (κ2) is 8.32. The zero-order valence-corrected chi connectivity index (χ0v) is 19.5. The van der Waals surface area contributed by atoms with E-state index in [9.17, 15) is 4.39 Å². The van der Waals surface area contributed by atoms with Gasteiger partial charge in [0.1, 0.15) is 17.0 Å². The lowest BCUT2D eigenvalue weighted by molar-refractivity contribution is -0.209. The number of halogens is 2. The summed E-state index contributed by atoms with van der Waals surface area (Å²) in [5.41, 5.74) is 4.89. The number of aromatic nitrogens is 6. The summed E-state index contributed by atoms with van der Waals surface area (Å²) in [6.07, 6.45) is 11.7. The van der Waals surface area contributed by atoms with Crippen LogP contribution in [0.2, 0.25) is 0 Å². The second-order valence-electron chi connectivity index (χ2n) is 9.70. The van der Waals surface area contributed by atoms with Crippen LogP contribution >= 0.6 is 11.6 Å². The summed E-state index contributed by atoms with van der Waals surface area (Å²) in [4.78, 5) is 8.98. The van der Waals surface area contributed by atoms with E-state index in [1.807, 2.05) is 28.9 Å². The highest BCUT2D eigenvalue weighted by atomic mass is 35.5. The molecule has 4 aromatic heterocycles. The largest absolute Gasteiger partial charge is 0.383 e. The van der Waals surface area contributed by atoms with Crippen LogP contribution in [0.15, 0.2) is 49.2 Å². The van der Waals surface area contributed by atoms with Crippen molar-refractivity contribution in [2.75, 3.05) is 24.3 Å². The fourth-order valence-electron chi connectivity index (χ4n) is 5.33. The Morgan fingerprint density at radius 2 is 2.00 bits per heavy atom. The standard InChI is InChI=1S/C24H26ClFN8/c25-3-4-29-19-5-18(7-27-8-19)21-12-34(32-31-21)11-20-10-33-9-17(1-2-22(33)30-20)6-28-16-23-13-24(26,14-23)15-23/h1-2,5,7-10,12,28-29H,3-4,6,11,13-16H2. The van der Waals surface area contributed by atoms with Gasteiger partial charge in [-0.05, 0) is 42.4 Å². The number of rotatable bonds is 10. The number of alkyl halides is 2. The maximum absolute atomic E-state index is 13.7. The van der Waals surface area contributed by atoms with E-state index in [1.165, 1.54) is 5.56 Å². The summed E-state index contributed by atoms with van der Waals surface area (Å²) in [7, 11) is 0. The first-order valence-corrected chi connectivity index (χ1v) is 12.1. The number of nitrogens with zero attached hydrogens (tertiary/aromatic N) is 6. The van der Waals surface area contributed by atoms with Crippen molar-refractivity contribution in [1.82, 2.24) is 34.7 Å². The van der Waals surface area contributed by atoms with E-state index < -0.39 is 5.67 Å². The predicted octanol–water partition coefficient (Wildman–Crippen LogP) is 3.67. The van der Waals surface area contributed by atoms with Crippen molar-refractivity contribution >= 4 is 22.9 Å². The number of fused-ring (bicyclic) bond motifs is 1. The number of anilines is 1. The SMILES string of the molecule is FC12CC(CNCc3ccc4nc(Cn5cc(-c6cncc(NCCCl)c6)nn5)cn4c3)(C1)C2. The first-order chi connectivity index (χ1) is 16.5. The third-order valence-electron chi connectivity index (χ3n) is 6.79. The molecular weight excluding hydrogens is 455 g/mol. The van der Waals surface area contributed by atoms with Gasteiger partial charge in [-0.25, -0.2) is 14.1 Å². The summed E-state index contributed by atoms with van der Waals surface area (Å²) in [6, 6.07) is 6.09. The molecule has 0 aliphatic heterocycles. The molecule has 176 valence electrons. The molecule has 4 heterocycles. The fourth-order valence-corrected chi connectivity index (χ4v) is 5.43. The van der Waals surface area contributed by atoms with Gasteiger partial charge >= 0.3 is 0 Å². The van der Waals surface area contributed by atoms with Crippen LogP contribution in [0.5, 0.6) is 0 Å². The Morgan fingerprint density at radius 1 is 1.12 bits per heavy atom. The molecule has 0 aromatic carbocycles. The van der Waals surface area contributed by atoms with E-state index in [1.54, 1.807) is 17.1 Å². The lowest BCUT2D eigenvalue weighted by Crippen LogP contribution is -2.67. The highest BCUT2D eigenvalue weighted by Crippen LogP contribution is 2.69. The molecule has 0 saturated heterocycles. The second-order valence-corrected chi connectivity index (χ2v) is 10.1. The zero-order chi connectivity index (χ0) is 23.2. The smallest absolute Gasteiger partial charge is 0.137 e. The molecule has 34 heavy (non-hydrogen) atoms. The molecule has 0 unspecified atom stereocenters. The van der Waals surface area contributed by atoms with Crippen molar-refractivity contribution in [3.63, 3.8) is 0 Å². The fraction of sp³-hybridized carbons (Fsp3) is 0.417. The molecule has 2 N–H and O–H groups in total. The number of nitrogens with one attached hydrogen (secondary N) is 2. The predicted molar refractivity (Wildman–Crippen MR) is 129 cm³/mol. The number of imidazole rings is 1. The van der Waals surface area contributed by atoms with Gasteiger partial charge in [-0.3, -0.25) is 4.98 Å². The summed E-state index contributed by atoms with van der Waals surface area (Å²) in [6.45, 7) is 2.85. The zero-order valence-electron chi connectivity index (χ0n) is 18.7. The van der Waals surface area contributed by atoms with Gasteiger partial charge in [-0.15, -0.1) is 16.7 Å². The summed E-state index contributed by atoms with van der Waals surface area (Å²) < 4.78 is 17.5. The lowest BCUT2D eigenvalue weighted by atomic mass is 9.42. The molecular formula is C24H26ClFN8. The minimum Gasteiger partial charge on any atom is -0.383 e. The Bertz CT molecular complexity index is 1310. The van der Waals surface area contributed by atoms with Gasteiger partial charge in [0.2, 0.25) is 0 Å². The average molecular weight is 481 g/mol. The Balaban J connectivity index is 1.09. The van der Waals surface area contributed by atoms with Crippen molar-refractivity contribution in [3.05, 3.63) is 60.4 Å². The Hall–Kier alpha value is -3.04. The summed E-state index contributed by atoms with van der Waals surface area (Å²) in [5, 5.41) is 15.3. The van der Waals surface area contributed by atoms with Crippen molar-refractivity contribution in [3.8, 4) is 11.3 Å². The van der Waals surface area contributed by atoms with E-state index in [-0.39, 0.29) is 5.41 Å². The first-order valence-electron chi connectivity index (χ1n) is 11.5. The molecule has 3 aliphatic carbocycles. The van der Waals surface area contributed by atoms with Crippen molar-refractivity contribution in [2.45, 2.75) is 38.0 Å². The minimum absolute atomic E-state index is 0.218. The maximum atomic E-state index is 13.7. The average Bonchev–Trinajstić information content (AvgIpc) is 3.42. The Labute approximate surface area is 201 Å². The molecule has 8 nitrogen and oxygen atoms in total. The molecule has 0 spiro atoms. The third-order valence-corrected chi connectivity index (χ3v) is 6.98. The summed E-state index contributed by atoms with van der Waals surface area (Å²) in [5.74, 6) is 0.527. The van der Waals surface area contributed by atoms with Crippen LogP contribution < -0.4 is 10.6 Å². The quantitative estimate of drug-likeness (QED) is 0.337. The molecule has 0 atom stereocenters. The van der Waals surface area contributed by atoms with Crippen LogP contribution in [0.4, 0.5) is 10.1 Å². The molecule has 10 heteroatoms. The number of hydrogen-bond acceptors (Lipinski definition) is 6.